The van der Waals surface area contributed by atoms with Gasteiger partial charge in [-0.15, -0.1) is 5.10 Å². The summed E-state index contributed by atoms with van der Waals surface area (Å²) in [5, 5.41) is 4.09. The van der Waals surface area contributed by atoms with Gasteiger partial charge >= 0.3 is 0 Å². The van der Waals surface area contributed by atoms with Crippen molar-refractivity contribution in [3.8, 4) is 5.88 Å². The van der Waals surface area contributed by atoms with Crippen LogP contribution in [0.3, 0.4) is 0 Å². The van der Waals surface area contributed by atoms with Crippen molar-refractivity contribution in [1.82, 2.24) is 9.78 Å². The maximum atomic E-state index is 5.25. The van der Waals surface area contributed by atoms with E-state index >= 15 is 0 Å². The van der Waals surface area contributed by atoms with Crippen molar-refractivity contribution in [3.63, 3.8) is 0 Å². The van der Waals surface area contributed by atoms with Gasteiger partial charge in [0.1, 0.15) is 0 Å². The Labute approximate surface area is 66.3 Å². The highest BCUT2D eigenvalue weighted by atomic mass is 16.5. The first-order valence-electron chi connectivity index (χ1n) is 3.56. The van der Waals surface area contributed by atoms with Crippen LogP contribution in [0, 0.1) is 0 Å². The summed E-state index contributed by atoms with van der Waals surface area (Å²) in [6.07, 6.45) is 3.61. The third kappa shape index (κ3) is 1.61. The summed E-state index contributed by atoms with van der Waals surface area (Å²) in [7, 11) is 1.86. The smallest absolute Gasteiger partial charge is 0.240 e. The first kappa shape index (κ1) is 7.85. The van der Waals surface area contributed by atoms with Gasteiger partial charge < -0.3 is 4.74 Å². The molecule has 0 aromatic carbocycles. The third-order valence-electron chi connectivity index (χ3n) is 1.32. The monoisotopic (exact) mass is 152 g/mol. The van der Waals surface area contributed by atoms with Crippen molar-refractivity contribution in [2.24, 2.45) is 7.05 Å². The molecule has 1 aromatic heterocycles. The molecule has 0 spiro atoms. The maximum absolute atomic E-state index is 5.25. The van der Waals surface area contributed by atoms with E-state index in [1.54, 1.807) is 10.8 Å². The largest absolute Gasteiger partial charge is 0.476 e. The van der Waals surface area contributed by atoms with Crippen LogP contribution in [-0.4, -0.2) is 16.4 Å². The van der Waals surface area contributed by atoms with Crippen molar-refractivity contribution >= 4 is 6.08 Å². The highest BCUT2D eigenvalue weighted by Crippen LogP contribution is 2.15. The normalized spacial score (nSPS) is 9.64. The first-order valence-corrected chi connectivity index (χ1v) is 3.56. The van der Waals surface area contributed by atoms with Gasteiger partial charge in [-0.2, -0.15) is 0 Å². The number of hydrogen-bond acceptors (Lipinski definition) is 2. The van der Waals surface area contributed by atoms with Gasteiger partial charge in [0.2, 0.25) is 5.88 Å². The van der Waals surface area contributed by atoms with Crippen LogP contribution in [0.4, 0.5) is 0 Å². The average Bonchev–Trinajstić information content (AvgIpc) is 2.32. The van der Waals surface area contributed by atoms with Gasteiger partial charge in [-0.05, 0) is 6.92 Å². The molecular weight excluding hydrogens is 140 g/mol. The Kier molecular flexibility index (Phi) is 2.31. The summed E-state index contributed by atoms with van der Waals surface area (Å²) < 4.78 is 6.96. The summed E-state index contributed by atoms with van der Waals surface area (Å²) in [5.74, 6) is 0.657. The van der Waals surface area contributed by atoms with Gasteiger partial charge in [-0.25, -0.2) is 0 Å². The molecule has 0 radical (unpaired) electrons. The summed E-state index contributed by atoms with van der Waals surface area (Å²) >= 11 is 0. The Morgan fingerprint density at radius 2 is 2.55 bits per heavy atom. The molecule has 0 N–H and O–H groups in total. The van der Waals surface area contributed by atoms with E-state index in [4.69, 9.17) is 4.74 Å². The minimum atomic E-state index is 0.637. The molecule has 1 aromatic rings. The number of ether oxygens (including phenoxy) is 1. The Morgan fingerprint density at radius 3 is 3.09 bits per heavy atom. The van der Waals surface area contributed by atoms with Gasteiger partial charge in [0.05, 0.1) is 12.2 Å². The van der Waals surface area contributed by atoms with Gasteiger partial charge in [0.25, 0.3) is 0 Å². The van der Waals surface area contributed by atoms with Crippen LogP contribution in [0.5, 0.6) is 5.88 Å². The highest BCUT2D eigenvalue weighted by Gasteiger charge is 2.03. The maximum Gasteiger partial charge on any atom is 0.240 e. The summed E-state index contributed by atoms with van der Waals surface area (Å²) in [5.41, 5.74) is 0.939. The number of hydrogen-bond donors (Lipinski definition) is 0. The SMILES string of the molecule is C=Cc1cn(C)nc1OCC. The molecule has 3 nitrogen and oxygen atoms in total. The Morgan fingerprint density at radius 1 is 1.82 bits per heavy atom. The lowest BCUT2D eigenvalue weighted by Gasteiger charge is -1.96. The second kappa shape index (κ2) is 3.23. The minimum absolute atomic E-state index is 0.637. The number of aromatic nitrogens is 2. The van der Waals surface area contributed by atoms with E-state index in [1.807, 2.05) is 20.2 Å². The quantitative estimate of drug-likeness (QED) is 0.655. The molecular formula is C8H12N2O. The van der Waals surface area contributed by atoms with E-state index in [1.165, 1.54) is 0 Å². The van der Waals surface area contributed by atoms with Crippen LogP contribution in [0.1, 0.15) is 12.5 Å². The molecule has 60 valence electrons. The zero-order valence-corrected chi connectivity index (χ0v) is 6.87. The number of nitrogens with zero attached hydrogens (tertiary/aromatic N) is 2. The Bertz CT molecular complexity index is 253. The molecule has 0 saturated heterocycles. The first-order chi connectivity index (χ1) is 5.27. The zero-order valence-electron chi connectivity index (χ0n) is 6.87. The molecule has 3 heteroatoms. The van der Waals surface area contributed by atoms with E-state index in [0.29, 0.717) is 12.5 Å². The van der Waals surface area contributed by atoms with Crippen LogP contribution in [0.2, 0.25) is 0 Å². The fourth-order valence-electron chi connectivity index (χ4n) is 0.875. The van der Waals surface area contributed by atoms with Crippen molar-refractivity contribution in [1.29, 1.82) is 0 Å². The third-order valence-corrected chi connectivity index (χ3v) is 1.32. The van der Waals surface area contributed by atoms with Crippen molar-refractivity contribution < 1.29 is 4.74 Å². The summed E-state index contributed by atoms with van der Waals surface area (Å²) in [4.78, 5) is 0. The second-order valence-electron chi connectivity index (χ2n) is 2.20. The molecule has 1 rings (SSSR count). The average molecular weight is 152 g/mol. The van der Waals surface area contributed by atoms with Crippen LogP contribution in [0.15, 0.2) is 12.8 Å². The van der Waals surface area contributed by atoms with E-state index in [-0.39, 0.29) is 0 Å². The predicted octanol–water partition coefficient (Wildman–Crippen LogP) is 1.46. The van der Waals surface area contributed by atoms with Crippen LogP contribution >= 0.6 is 0 Å². The van der Waals surface area contributed by atoms with E-state index in [0.717, 1.165) is 5.56 Å². The molecule has 0 unspecified atom stereocenters. The van der Waals surface area contributed by atoms with Crippen molar-refractivity contribution in [2.45, 2.75) is 6.92 Å². The van der Waals surface area contributed by atoms with Crippen LogP contribution in [0.25, 0.3) is 6.08 Å². The van der Waals surface area contributed by atoms with E-state index in [2.05, 4.69) is 11.7 Å². The molecule has 0 amide bonds. The lowest BCUT2D eigenvalue weighted by Crippen LogP contribution is -1.94. The summed E-state index contributed by atoms with van der Waals surface area (Å²) in [6.45, 7) is 6.22. The molecule has 0 aliphatic rings. The lowest BCUT2D eigenvalue weighted by atomic mass is 10.3. The van der Waals surface area contributed by atoms with Gasteiger partial charge in [-0.3, -0.25) is 4.68 Å². The molecule has 0 aliphatic carbocycles. The molecule has 11 heavy (non-hydrogen) atoms. The standard InChI is InChI=1S/C8H12N2O/c1-4-7-6-10(3)9-8(7)11-5-2/h4,6H,1,5H2,2-3H3. The van der Waals surface area contributed by atoms with E-state index < -0.39 is 0 Å². The predicted molar refractivity (Wildman–Crippen MR) is 44.5 cm³/mol. The van der Waals surface area contributed by atoms with E-state index in [9.17, 15) is 0 Å². The molecule has 0 atom stereocenters. The molecule has 0 fully saturated rings. The Hall–Kier alpha value is -1.25. The number of rotatable bonds is 3. The molecule has 0 saturated carbocycles. The fourth-order valence-corrected chi connectivity index (χ4v) is 0.875. The minimum Gasteiger partial charge on any atom is -0.476 e. The van der Waals surface area contributed by atoms with Gasteiger partial charge in [0, 0.05) is 13.2 Å². The molecule has 1 heterocycles. The van der Waals surface area contributed by atoms with Crippen molar-refractivity contribution in [3.05, 3.63) is 18.3 Å². The topological polar surface area (TPSA) is 27.1 Å². The molecule has 0 bridgehead atoms. The highest BCUT2D eigenvalue weighted by molar-refractivity contribution is 5.51. The van der Waals surface area contributed by atoms with Crippen LogP contribution in [-0.2, 0) is 7.05 Å². The second-order valence-corrected chi connectivity index (χ2v) is 2.20. The Balaban J connectivity index is 2.92. The van der Waals surface area contributed by atoms with Gasteiger partial charge in [0.15, 0.2) is 0 Å². The molecule has 0 aliphatic heterocycles. The summed E-state index contributed by atoms with van der Waals surface area (Å²) in [6, 6.07) is 0. The van der Waals surface area contributed by atoms with Gasteiger partial charge in [-0.1, -0.05) is 12.7 Å². The lowest BCUT2D eigenvalue weighted by molar-refractivity contribution is 0.322. The zero-order chi connectivity index (χ0) is 8.27. The van der Waals surface area contributed by atoms with Crippen molar-refractivity contribution in [2.75, 3.05) is 6.61 Å². The number of aryl methyl sites for hydroxylation is 1. The van der Waals surface area contributed by atoms with Crippen LogP contribution < -0.4 is 4.74 Å². The fraction of sp³-hybridized carbons (Fsp3) is 0.375.